The van der Waals surface area contributed by atoms with Gasteiger partial charge in [-0.1, -0.05) is 78.6 Å². The Labute approximate surface area is 157 Å². The van der Waals surface area contributed by atoms with Gasteiger partial charge in [-0.05, 0) is 78.9 Å². The average molecular weight is 345 g/mol. The van der Waals surface area contributed by atoms with Gasteiger partial charge in [0.2, 0.25) is 0 Å². The maximum Gasteiger partial charge on any atom is -0.0244 e. The third-order valence-electron chi connectivity index (χ3n) is 10.2. The maximum absolute atomic E-state index is 2.73. The van der Waals surface area contributed by atoms with Gasteiger partial charge in [0.25, 0.3) is 0 Å². The highest BCUT2D eigenvalue weighted by Crippen LogP contribution is 2.62. The summed E-state index contributed by atoms with van der Waals surface area (Å²) in [6.07, 6.45) is 23.1. The minimum Gasteiger partial charge on any atom is -0.0594 e. The van der Waals surface area contributed by atoms with E-state index in [-0.39, 0.29) is 0 Å². The quantitative estimate of drug-likeness (QED) is 0.486. The molecule has 4 aliphatic carbocycles. The Balaban J connectivity index is 1.47. The molecule has 0 nitrogen and oxygen atoms in total. The van der Waals surface area contributed by atoms with Crippen LogP contribution in [0.5, 0.6) is 0 Å². The first-order valence-electron chi connectivity index (χ1n) is 12.0. The summed E-state index contributed by atoms with van der Waals surface area (Å²) in [7, 11) is 0. The molecule has 0 aromatic carbocycles. The number of rotatable bonds is 3. The van der Waals surface area contributed by atoms with E-state index in [1.165, 1.54) is 51.4 Å². The Morgan fingerprint density at radius 1 is 0.680 bits per heavy atom. The maximum atomic E-state index is 2.73. The van der Waals surface area contributed by atoms with E-state index in [1.807, 2.05) is 0 Å². The Bertz CT molecular complexity index is 447. The van der Waals surface area contributed by atoms with Crippen LogP contribution in [0.4, 0.5) is 0 Å². The molecule has 6 unspecified atom stereocenters. The fourth-order valence-corrected chi connectivity index (χ4v) is 8.16. The Kier molecular flexibility index (Phi) is 5.29. The SMILES string of the molecule is CC1(C)CCC2CCCCC2C1(C)CCC1CCCC2CCCCC21. The standard InChI is InChI=1S/C25H44/c1-24(2)17-15-21-10-5-7-14-23(21)25(24,3)18-16-20-12-8-11-19-9-4-6-13-22(19)20/h19-23H,4-18H2,1-3H3. The van der Waals surface area contributed by atoms with Crippen LogP contribution in [0.2, 0.25) is 0 Å². The van der Waals surface area contributed by atoms with Crippen LogP contribution in [-0.4, -0.2) is 0 Å². The molecule has 0 radical (unpaired) electrons. The van der Waals surface area contributed by atoms with Crippen LogP contribution in [0.1, 0.15) is 117 Å². The Hall–Kier alpha value is 0. The molecule has 0 heteroatoms. The van der Waals surface area contributed by atoms with Gasteiger partial charge in [-0.3, -0.25) is 0 Å². The largest absolute Gasteiger partial charge is 0.0594 e. The smallest absolute Gasteiger partial charge is 0.0244 e. The molecule has 0 amide bonds. The van der Waals surface area contributed by atoms with E-state index >= 15 is 0 Å². The summed E-state index contributed by atoms with van der Waals surface area (Å²) in [6.45, 7) is 7.99. The van der Waals surface area contributed by atoms with E-state index in [0.29, 0.717) is 10.8 Å². The Morgan fingerprint density at radius 3 is 2.20 bits per heavy atom. The van der Waals surface area contributed by atoms with Crippen molar-refractivity contribution >= 4 is 0 Å². The van der Waals surface area contributed by atoms with Crippen LogP contribution in [0.25, 0.3) is 0 Å². The molecular weight excluding hydrogens is 300 g/mol. The van der Waals surface area contributed by atoms with Crippen molar-refractivity contribution in [2.24, 2.45) is 40.4 Å². The van der Waals surface area contributed by atoms with Crippen molar-refractivity contribution < 1.29 is 0 Å². The molecule has 0 spiro atoms. The molecule has 4 fully saturated rings. The second-order valence-electron chi connectivity index (χ2n) is 11.4. The van der Waals surface area contributed by atoms with Crippen molar-refractivity contribution in [3.05, 3.63) is 0 Å². The summed E-state index contributed by atoms with van der Waals surface area (Å²) >= 11 is 0. The number of hydrogen-bond donors (Lipinski definition) is 0. The first-order chi connectivity index (χ1) is 12.0. The van der Waals surface area contributed by atoms with Gasteiger partial charge in [-0.25, -0.2) is 0 Å². The van der Waals surface area contributed by atoms with E-state index in [2.05, 4.69) is 20.8 Å². The lowest BCUT2D eigenvalue weighted by molar-refractivity contribution is -0.0889. The van der Waals surface area contributed by atoms with Gasteiger partial charge in [0.1, 0.15) is 0 Å². The minimum atomic E-state index is 0.562. The highest BCUT2D eigenvalue weighted by atomic mass is 14.6. The highest BCUT2D eigenvalue weighted by molar-refractivity contribution is 5.02. The van der Waals surface area contributed by atoms with Crippen LogP contribution >= 0.6 is 0 Å². The van der Waals surface area contributed by atoms with Crippen molar-refractivity contribution in [1.82, 2.24) is 0 Å². The molecule has 0 aromatic heterocycles. The van der Waals surface area contributed by atoms with Gasteiger partial charge in [0.15, 0.2) is 0 Å². The van der Waals surface area contributed by atoms with Crippen molar-refractivity contribution in [3.8, 4) is 0 Å². The van der Waals surface area contributed by atoms with Crippen molar-refractivity contribution in [2.75, 3.05) is 0 Å². The zero-order valence-electron chi connectivity index (χ0n) is 17.5. The third-order valence-corrected chi connectivity index (χ3v) is 10.2. The van der Waals surface area contributed by atoms with E-state index in [4.69, 9.17) is 0 Å². The summed E-state index contributed by atoms with van der Waals surface area (Å²) in [5.41, 5.74) is 1.17. The highest BCUT2D eigenvalue weighted by Gasteiger charge is 2.52. The van der Waals surface area contributed by atoms with E-state index in [9.17, 15) is 0 Å². The number of fused-ring (bicyclic) bond motifs is 2. The molecule has 144 valence electrons. The van der Waals surface area contributed by atoms with E-state index in [0.717, 1.165) is 29.6 Å². The van der Waals surface area contributed by atoms with Crippen LogP contribution in [0.15, 0.2) is 0 Å². The van der Waals surface area contributed by atoms with Gasteiger partial charge in [-0.15, -0.1) is 0 Å². The molecule has 0 aromatic rings. The number of hydrogen-bond acceptors (Lipinski definition) is 0. The molecule has 4 rings (SSSR count). The summed E-state index contributed by atoms with van der Waals surface area (Å²) in [4.78, 5) is 0. The fourth-order valence-electron chi connectivity index (χ4n) is 8.16. The van der Waals surface area contributed by atoms with Crippen molar-refractivity contribution in [3.63, 3.8) is 0 Å². The van der Waals surface area contributed by atoms with Crippen LogP contribution in [-0.2, 0) is 0 Å². The zero-order valence-corrected chi connectivity index (χ0v) is 17.5. The molecule has 4 aliphatic rings. The molecule has 25 heavy (non-hydrogen) atoms. The van der Waals surface area contributed by atoms with Gasteiger partial charge in [-0.2, -0.15) is 0 Å². The molecular formula is C25H44. The van der Waals surface area contributed by atoms with E-state index in [1.54, 1.807) is 44.9 Å². The zero-order chi connectivity index (χ0) is 17.5. The molecule has 0 heterocycles. The fraction of sp³-hybridized carbons (Fsp3) is 1.00. The molecule has 0 aliphatic heterocycles. The first-order valence-corrected chi connectivity index (χ1v) is 12.0. The first kappa shape index (κ1) is 18.4. The lowest BCUT2D eigenvalue weighted by atomic mass is 9.46. The summed E-state index contributed by atoms with van der Waals surface area (Å²) in [5.74, 6) is 5.41. The second kappa shape index (κ2) is 7.20. The van der Waals surface area contributed by atoms with Gasteiger partial charge in [0, 0.05) is 0 Å². The third kappa shape index (κ3) is 3.34. The monoisotopic (exact) mass is 344 g/mol. The van der Waals surface area contributed by atoms with Gasteiger partial charge >= 0.3 is 0 Å². The molecule has 0 bridgehead atoms. The lowest BCUT2D eigenvalue weighted by Gasteiger charge is -2.58. The summed E-state index contributed by atoms with van der Waals surface area (Å²) in [5, 5.41) is 0. The summed E-state index contributed by atoms with van der Waals surface area (Å²) < 4.78 is 0. The average Bonchev–Trinajstić information content (AvgIpc) is 2.64. The van der Waals surface area contributed by atoms with Crippen LogP contribution in [0.3, 0.4) is 0 Å². The lowest BCUT2D eigenvalue weighted by Crippen LogP contribution is -2.50. The Morgan fingerprint density at radius 2 is 1.36 bits per heavy atom. The second-order valence-corrected chi connectivity index (χ2v) is 11.4. The van der Waals surface area contributed by atoms with Gasteiger partial charge < -0.3 is 0 Å². The predicted molar refractivity (Wildman–Crippen MR) is 109 cm³/mol. The molecule has 0 N–H and O–H groups in total. The molecule has 6 atom stereocenters. The van der Waals surface area contributed by atoms with Crippen molar-refractivity contribution in [2.45, 2.75) is 117 Å². The van der Waals surface area contributed by atoms with Gasteiger partial charge in [0.05, 0.1) is 0 Å². The topological polar surface area (TPSA) is 0 Å². The minimum absolute atomic E-state index is 0.562. The van der Waals surface area contributed by atoms with Crippen molar-refractivity contribution in [1.29, 1.82) is 0 Å². The van der Waals surface area contributed by atoms with E-state index < -0.39 is 0 Å². The molecule has 0 saturated heterocycles. The molecule has 4 saturated carbocycles. The summed E-state index contributed by atoms with van der Waals surface area (Å²) in [6, 6.07) is 0. The van der Waals surface area contributed by atoms with Crippen LogP contribution in [0, 0.1) is 40.4 Å². The normalized spacial score (nSPS) is 46.9. The predicted octanol–water partition coefficient (Wildman–Crippen LogP) is 8.01. The van der Waals surface area contributed by atoms with Crippen LogP contribution < -0.4 is 0 Å².